The van der Waals surface area contributed by atoms with Gasteiger partial charge in [0.25, 0.3) is 0 Å². The minimum Gasteiger partial charge on any atom is -0.480 e. The second-order valence-corrected chi connectivity index (χ2v) is 5.89. The molecule has 0 radical (unpaired) electrons. The molecule has 6 heteroatoms. The molecule has 1 atom stereocenters. The number of aliphatic carboxylic acids is 1. The first-order valence-corrected chi connectivity index (χ1v) is 7.70. The van der Waals surface area contributed by atoms with Gasteiger partial charge in [-0.15, -0.1) is 0 Å². The maximum Gasteiger partial charge on any atom is 0.325 e. The lowest BCUT2D eigenvalue weighted by molar-refractivity contribution is -0.136. The third-order valence-corrected chi connectivity index (χ3v) is 4.06. The summed E-state index contributed by atoms with van der Waals surface area (Å²) in [6.07, 6.45) is 1.44. The normalized spacial score (nSPS) is 12.1. The monoisotopic (exact) mass is 343 g/mol. The molecule has 2 aromatic rings. The van der Waals surface area contributed by atoms with E-state index in [0.717, 1.165) is 21.6 Å². The fourth-order valence-electron chi connectivity index (χ4n) is 2.12. The fourth-order valence-corrected chi connectivity index (χ4v) is 2.24. The number of hydrogen-bond donors (Lipinski definition) is 2. The maximum atomic E-state index is 12.0. The number of carbonyl (C=O) groups is 1. The van der Waals surface area contributed by atoms with Gasteiger partial charge in [-0.3, -0.25) is 4.79 Å². The molecule has 0 saturated carbocycles. The summed E-state index contributed by atoms with van der Waals surface area (Å²) in [6.45, 7) is 1.99. The molecule has 4 rings (SSSR count). The van der Waals surface area contributed by atoms with E-state index in [1.54, 1.807) is 6.07 Å². The summed E-state index contributed by atoms with van der Waals surface area (Å²) >= 11 is 3.90. The van der Waals surface area contributed by atoms with Crippen LogP contribution in [0.4, 0.5) is 4.39 Å². The van der Waals surface area contributed by atoms with Crippen LogP contribution in [0.2, 0.25) is 0 Å². The van der Waals surface area contributed by atoms with Crippen LogP contribution in [-0.4, -0.2) is 16.1 Å². The average Bonchev–Trinajstić information content (AvgIpc) is 3.02. The Labute approximate surface area is 142 Å². The van der Waals surface area contributed by atoms with Gasteiger partial charge in [-0.05, 0) is 18.2 Å². The summed E-state index contributed by atoms with van der Waals surface area (Å²) in [5.74, 6) is -1.04. The van der Waals surface area contributed by atoms with Gasteiger partial charge in [0.1, 0.15) is 17.8 Å². The van der Waals surface area contributed by atoms with E-state index in [-0.39, 0.29) is 11.7 Å². The van der Waals surface area contributed by atoms with Crippen LogP contribution in [0.15, 0.2) is 53.1 Å². The van der Waals surface area contributed by atoms with Crippen molar-refractivity contribution in [2.24, 2.45) is 0 Å². The number of aryl methyl sites for hydroxylation is 1. The second kappa shape index (κ2) is 6.49. The highest BCUT2D eigenvalue weighted by Gasteiger charge is 2.20. The first kappa shape index (κ1) is 16.3. The Hall–Kier alpha value is -2.60. The zero-order chi connectivity index (χ0) is 17.3. The van der Waals surface area contributed by atoms with Crippen molar-refractivity contribution in [2.75, 3.05) is 0 Å². The Bertz CT molecular complexity index is 982. The van der Waals surface area contributed by atoms with E-state index in [9.17, 15) is 9.18 Å². The predicted octanol–water partition coefficient (Wildman–Crippen LogP) is 4.13. The molecule has 0 spiro atoms. The van der Waals surface area contributed by atoms with Gasteiger partial charge in [-0.2, -0.15) is 12.6 Å². The van der Waals surface area contributed by atoms with Crippen LogP contribution in [-0.2, 0) is 4.79 Å². The van der Waals surface area contributed by atoms with Gasteiger partial charge in [0.05, 0.1) is 0 Å². The number of nitrogens with zero attached hydrogens (tertiary/aromatic N) is 1. The zero-order valence-corrected chi connectivity index (χ0v) is 13.6. The summed E-state index contributed by atoms with van der Waals surface area (Å²) < 4.78 is 17.1. The van der Waals surface area contributed by atoms with Crippen molar-refractivity contribution >= 4 is 18.6 Å². The summed E-state index contributed by atoms with van der Waals surface area (Å²) in [5, 5.41) is 9.61. The van der Waals surface area contributed by atoms with Gasteiger partial charge in [0.15, 0.2) is 5.25 Å². The molecule has 1 aromatic carbocycles. The Morgan fingerprint density at radius 3 is 2.38 bits per heavy atom. The third kappa shape index (κ3) is 3.19. The average molecular weight is 343 g/mol. The molecule has 0 amide bonds. The van der Waals surface area contributed by atoms with Gasteiger partial charge in [-0.25, -0.2) is 9.37 Å². The number of benzene rings is 2. The number of thiol groups is 1. The van der Waals surface area contributed by atoms with E-state index in [4.69, 9.17) is 9.52 Å². The van der Waals surface area contributed by atoms with Crippen LogP contribution in [0.3, 0.4) is 0 Å². The molecule has 2 aliphatic carbocycles. The molecule has 1 unspecified atom stereocenters. The molecule has 1 heterocycles. The predicted molar refractivity (Wildman–Crippen MR) is 90.1 cm³/mol. The highest BCUT2D eigenvalue weighted by atomic mass is 32.1. The van der Waals surface area contributed by atoms with Gasteiger partial charge in [-0.1, -0.05) is 42.0 Å². The number of aromatic nitrogens is 1. The first-order valence-electron chi connectivity index (χ1n) is 7.19. The van der Waals surface area contributed by atoms with Gasteiger partial charge in [0, 0.05) is 10.8 Å². The molecule has 2 aliphatic rings. The Morgan fingerprint density at radius 1 is 1.25 bits per heavy atom. The molecule has 4 nitrogen and oxygen atoms in total. The fraction of sp³-hybridized carbons (Fsp3) is 0.111. The number of halogens is 1. The molecule has 0 fully saturated rings. The van der Waals surface area contributed by atoms with Crippen LogP contribution < -0.4 is 0 Å². The number of carboxylic acid groups (broad SMARTS) is 1. The quantitative estimate of drug-likeness (QED) is 0.549. The zero-order valence-electron chi connectivity index (χ0n) is 12.7. The van der Waals surface area contributed by atoms with Crippen molar-refractivity contribution in [1.29, 1.82) is 0 Å². The van der Waals surface area contributed by atoms with Crippen LogP contribution in [0, 0.1) is 23.2 Å². The van der Waals surface area contributed by atoms with Crippen LogP contribution in [0.1, 0.15) is 16.7 Å². The van der Waals surface area contributed by atoms with E-state index < -0.39 is 11.2 Å². The van der Waals surface area contributed by atoms with Crippen molar-refractivity contribution < 1.29 is 18.7 Å². The topological polar surface area (TPSA) is 63.3 Å². The highest BCUT2D eigenvalue weighted by molar-refractivity contribution is 7.81. The molecule has 0 bridgehead atoms. The summed E-state index contributed by atoms with van der Waals surface area (Å²) in [6, 6.07) is 13.0. The maximum absolute atomic E-state index is 12.0. The molecule has 0 aliphatic heterocycles. The van der Waals surface area contributed by atoms with E-state index in [1.165, 1.54) is 12.3 Å². The molecule has 0 saturated heterocycles. The molecular formula is C18H14FNO3S. The molecule has 1 aromatic heterocycles. The van der Waals surface area contributed by atoms with Crippen LogP contribution in [0.25, 0.3) is 11.3 Å². The molecule has 24 heavy (non-hydrogen) atoms. The van der Waals surface area contributed by atoms with Crippen molar-refractivity contribution in [3.8, 4) is 11.3 Å². The molecule has 1 N–H and O–H groups in total. The minimum atomic E-state index is -1.08. The van der Waals surface area contributed by atoms with Gasteiger partial charge in [0.2, 0.25) is 5.89 Å². The van der Waals surface area contributed by atoms with E-state index >= 15 is 0 Å². The standard InChI is InChI=1S/C12H11NO3S.C6H3F/c1-7-2-4-8(5-3-7)9-6-16-11(13-9)10(17)12(14)15;7-6-3-4-1-2-5(4)6/h2-6,10,17H,1H3,(H,14,15);1-3H. The van der Waals surface area contributed by atoms with Crippen molar-refractivity contribution in [2.45, 2.75) is 12.2 Å². The van der Waals surface area contributed by atoms with Crippen molar-refractivity contribution in [1.82, 2.24) is 4.98 Å². The lowest BCUT2D eigenvalue weighted by atomic mass is 10.1. The van der Waals surface area contributed by atoms with Crippen LogP contribution >= 0.6 is 12.6 Å². The summed E-state index contributed by atoms with van der Waals surface area (Å²) in [7, 11) is 0. The second-order valence-electron chi connectivity index (χ2n) is 5.37. The Morgan fingerprint density at radius 2 is 1.96 bits per heavy atom. The minimum absolute atomic E-state index is 0.0579. The number of rotatable bonds is 3. The van der Waals surface area contributed by atoms with E-state index in [1.807, 2.05) is 37.3 Å². The number of hydrogen-bond acceptors (Lipinski definition) is 4. The lowest BCUT2D eigenvalue weighted by Gasteiger charge is -2.00. The smallest absolute Gasteiger partial charge is 0.325 e. The largest absolute Gasteiger partial charge is 0.480 e. The molecular weight excluding hydrogens is 329 g/mol. The molecule has 122 valence electrons. The SMILES string of the molecule is Cc1ccc(-c2coc(C(S)C(=O)O)n2)cc1.Fc1cc2ccc1=2. The Kier molecular flexibility index (Phi) is 4.40. The Balaban J connectivity index is 0.000000198. The third-order valence-electron chi connectivity index (χ3n) is 3.62. The number of carboxylic acids is 1. The highest BCUT2D eigenvalue weighted by Crippen LogP contribution is 2.24. The number of oxazole rings is 1. The lowest BCUT2D eigenvalue weighted by Crippen LogP contribution is -2.05. The van der Waals surface area contributed by atoms with Crippen LogP contribution in [0.5, 0.6) is 0 Å². The van der Waals surface area contributed by atoms with Gasteiger partial charge < -0.3 is 9.52 Å². The van der Waals surface area contributed by atoms with Crippen molar-refractivity contribution in [3.63, 3.8) is 0 Å². The van der Waals surface area contributed by atoms with Crippen molar-refractivity contribution in [3.05, 3.63) is 76.4 Å². The summed E-state index contributed by atoms with van der Waals surface area (Å²) in [5.41, 5.74) is 2.65. The van der Waals surface area contributed by atoms with E-state index in [0.29, 0.717) is 5.69 Å². The van der Waals surface area contributed by atoms with E-state index in [2.05, 4.69) is 17.6 Å². The summed E-state index contributed by atoms with van der Waals surface area (Å²) in [4.78, 5) is 14.8. The van der Waals surface area contributed by atoms with Gasteiger partial charge >= 0.3 is 5.97 Å². The first-order chi connectivity index (χ1) is 11.5.